The van der Waals surface area contributed by atoms with Gasteiger partial charge in [-0.2, -0.15) is 0 Å². The van der Waals surface area contributed by atoms with E-state index in [-0.39, 0.29) is 27.8 Å². The van der Waals surface area contributed by atoms with Crippen LogP contribution in [0.1, 0.15) is 30.6 Å². The molecule has 9 nitrogen and oxygen atoms in total. The lowest BCUT2D eigenvalue weighted by Gasteiger charge is -2.29. The average Bonchev–Trinajstić information content (AvgIpc) is 3.14. The minimum atomic E-state index is -3.92. The van der Waals surface area contributed by atoms with Crippen LogP contribution >= 0.6 is 11.3 Å². The topological polar surface area (TPSA) is 141 Å². The van der Waals surface area contributed by atoms with Crippen LogP contribution in [0.15, 0.2) is 15.7 Å². The number of likely N-dealkylation sites (N-methyl/N-ethyl adjacent to an activating group) is 1. The molecule has 12 heteroatoms. The Hall–Kier alpha value is -1.50. The Labute approximate surface area is 156 Å². The van der Waals surface area contributed by atoms with Gasteiger partial charge in [-0.3, -0.25) is 4.79 Å². The highest BCUT2D eigenvalue weighted by atomic mass is 32.2. The Balaban J connectivity index is 2.05. The minimum absolute atomic E-state index is 0.0230. The van der Waals surface area contributed by atoms with E-state index in [9.17, 15) is 26.4 Å². The SMILES string of the molecule is CCN(C(=O)C(C)OC(=O)c1csc(S(N)(=O)=O)c1)C1CCS(=O)(=O)C1. The number of primary sulfonamides is 1. The monoisotopic (exact) mass is 424 g/mol. The summed E-state index contributed by atoms with van der Waals surface area (Å²) in [5.74, 6) is -1.42. The van der Waals surface area contributed by atoms with E-state index in [1.165, 1.54) is 17.2 Å². The van der Waals surface area contributed by atoms with Gasteiger partial charge >= 0.3 is 5.97 Å². The van der Waals surface area contributed by atoms with Crippen LogP contribution < -0.4 is 5.14 Å². The van der Waals surface area contributed by atoms with Gasteiger partial charge in [0.25, 0.3) is 5.91 Å². The molecule has 0 saturated carbocycles. The molecule has 1 aromatic heterocycles. The predicted octanol–water partition coefficient (Wildman–Crippen LogP) is -0.0236. The van der Waals surface area contributed by atoms with Gasteiger partial charge in [0, 0.05) is 18.0 Å². The summed E-state index contributed by atoms with van der Waals surface area (Å²) in [5, 5.41) is 6.27. The second-order valence-electron chi connectivity index (χ2n) is 5.93. The van der Waals surface area contributed by atoms with E-state index in [1.54, 1.807) is 6.92 Å². The Kier molecular flexibility index (Phi) is 6.10. The zero-order valence-electron chi connectivity index (χ0n) is 14.2. The van der Waals surface area contributed by atoms with Crippen LogP contribution in [-0.4, -0.2) is 63.8 Å². The van der Waals surface area contributed by atoms with E-state index in [0.29, 0.717) is 6.42 Å². The number of amides is 1. The molecule has 0 spiro atoms. The zero-order valence-corrected chi connectivity index (χ0v) is 16.7. The molecule has 1 saturated heterocycles. The summed E-state index contributed by atoms with van der Waals surface area (Å²) in [6.07, 6.45) is -0.784. The normalized spacial score (nSPS) is 20.5. The lowest BCUT2D eigenvalue weighted by molar-refractivity contribution is -0.141. The largest absolute Gasteiger partial charge is 0.449 e. The standard InChI is InChI=1S/C14H20N2O7S3/c1-3-16(11-4-5-25(19,20)8-11)13(17)9(2)23-14(18)10-6-12(24-7-10)26(15,21)22/h6-7,9,11H,3-5,8H2,1-2H3,(H2,15,21,22). The molecule has 146 valence electrons. The molecule has 1 aliphatic heterocycles. The number of carbonyl (C=O) groups is 2. The molecule has 0 radical (unpaired) electrons. The number of esters is 1. The van der Waals surface area contributed by atoms with E-state index < -0.39 is 43.9 Å². The van der Waals surface area contributed by atoms with Crippen LogP contribution in [-0.2, 0) is 29.4 Å². The first-order valence-corrected chi connectivity index (χ1v) is 12.0. The van der Waals surface area contributed by atoms with Gasteiger partial charge in [-0.05, 0) is 26.3 Å². The van der Waals surface area contributed by atoms with Crippen LogP contribution in [0.5, 0.6) is 0 Å². The maximum atomic E-state index is 12.5. The molecule has 1 aromatic rings. The van der Waals surface area contributed by atoms with E-state index in [1.807, 2.05) is 0 Å². The smallest absolute Gasteiger partial charge is 0.339 e. The minimum Gasteiger partial charge on any atom is -0.449 e. The number of nitrogens with two attached hydrogens (primary N) is 1. The van der Waals surface area contributed by atoms with Gasteiger partial charge in [0.2, 0.25) is 10.0 Å². The summed E-state index contributed by atoms with van der Waals surface area (Å²) in [6.45, 7) is 3.39. The molecule has 26 heavy (non-hydrogen) atoms. The molecule has 0 aliphatic carbocycles. The fourth-order valence-electron chi connectivity index (χ4n) is 2.70. The van der Waals surface area contributed by atoms with Crippen molar-refractivity contribution in [2.75, 3.05) is 18.1 Å². The first-order chi connectivity index (χ1) is 11.9. The van der Waals surface area contributed by atoms with Crippen LogP contribution in [0.25, 0.3) is 0 Å². The lowest BCUT2D eigenvalue weighted by atomic mass is 10.2. The van der Waals surface area contributed by atoms with Crippen LogP contribution in [0.2, 0.25) is 0 Å². The molecule has 1 amide bonds. The fourth-order valence-corrected chi connectivity index (χ4v) is 6.01. The Morgan fingerprint density at radius 3 is 2.58 bits per heavy atom. The van der Waals surface area contributed by atoms with Crippen LogP contribution in [0, 0.1) is 0 Å². The third kappa shape index (κ3) is 4.81. The summed E-state index contributed by atoms with van der Waals surface area (Å²) in [4.78, 5) is 26.1. The molecule has 2 rings (SSSR count). The van der Waals surface area contributed by atoms with Crippen molar-refractivity contribution in [3.63, 3.8) is 0 Å². The van der Waals surface area contributed by atoms with Gasteiger partial charge in [-0.1, -0.05) is 0 Å². The number of nitrogens with zero attached hydrogens (tertiary/aromatic N) is 1. The Morgan fingerprint density at radius 1 is 1.46 bits per heavy atom. The predicted molar refractivity (Wildman–Crippen MR) is 95.0 cm³/mol. The highest BCUT2D eigenvalue weighted by molar-refractivity contribution is 7.91. The fraction of sp³-hybridized carbons (Fsp3) is 0.571. The van der Waals surface area contributed by atoms with Gasteiger partial charge in [0.05, 0.1) is 17.1 Å². The molecule has 0 bridgehead atoms. The number of thiophene rings is 1. The third-order valence-corrected chi connectivity index (χ3v) is 8.13. The van der Waals surface area contributed by atoms with Gasteiger partial charge < -0.3 is 9.64 Å². The molecule has 1 fully saturated rings. The molecule has 2 atom stereocenters. The van der Waals surface area contributed by atoms with Crippen molar-refractivity contribution in [2.24, 2.45) is 5.14 Å². The Bertz CT molecular complexity index is 905. The number of sulfone groups is 1. The van der Waals surface area contributed by atoms with Crippen molar-refractivity contribution in [1.29, 1.82) is 0 Å². The van der Waals surface area contributed by atoms with E-state index in [2.05, 4.69) is 0 Å². The first-order valence-electron chi connectivity index (χ1n) is 7.78. The number of hydrogen-bond acceptors (Lipinski definition) is 8. The van der Waals surface area contributed by atoms with E-state index >= 15 is 0 Å². The summed E-state index contributed by atoms with van der Waals surface area (Å²) >= 11 is 0.775. The molecular formula is C14H20N2O7S3. The Morgan fingerprint density at radius 2 is 2.12 bits per heavy atom. The van der Waals surface area contributed by atoms with Gasteiger partial charge in [-0.15, -0.1) is 11.3 Å². The molecule has 2 unspecified atom stereocenters. The highest BCUT2D eigenvalue weighted by Crippen LogP contribution is 2.21. The van der Waals surface area contributed by atoms with E-state index in [4.69, 9.17) is 9.88 Å². The lowest BCUT2D eigenvalue weighted by Crippen LogP contribution is -2.46. The summed E-state index contributed by atoms with van der Waals surface area (Å²) in [5.41, 5.74) is -0.0230. The number of hydrogen-bond donors (Lipinski definition) is 1. The maximum Gasteiger partial charge on any atom is 0.339 e. The molecule has 2 heterocycles. The number of ether oxygens (including phenoxy) is 1. The number of sulfonamides is 1. The summed E-state index contributed by atoms with van der Waals surface area (Å²) in [7, 11) is -7.08. The zero-order chi connectivity index (χ0) is 19.7. The molecule has 0 aromatic carbocycles. The quantitative estimate of drug-likeness (QED) is 0.632. The third-order valence-electron chi connectivity index (χ3n) is 4.00. The second kappa shape index (κ2) is 7.62. The first kappa shape index (κ1) is 20.8. The van der Waals surface area contributed by atoms with Crippen molar-refractivity contribution < 1.29 is 31.2 Å². The number of rotatable bonds is 6. The highest BCUT2D eigenvalue weighted by Gasteiger charge is 2.36. The van der Waals surface area contributed by atoms with E-state index in [0.717, 1.165) is 17.4 Å². The molecule has 1 aliphatic rings. The van der Waals surface area contributed by atoms with Gasteiger partial charge in [0.15, 0.2) is 15.9 Å². The van der Waals surface area contributed by atoms with Crippen LogP contribution in [0.4, 0.5) is 0 Å². The van der Waals surface area contributed by atoms with Gasteiger partial charge in [-0.25, -0.2) is 26.8 Å². The second-order valence-corrected chi connectivity index (χ2v) is 10.9. The van der Waals surface area contributed by atoms with Crippen LogP contribution in [0.3, 0.4) is 0 Å². The van der Waals surface area contributed by atoms with Crippen molar-refractivity contribution >= 4 is 43.1 Å². The van der Waals surface area contributed by atoms with Crippen molar-refractivity contribution in [2.45, 2.75) is 36.6 Å². The van der Waals surface area contributed by atoms with Crippen molar-refractivity contribution in [3.05, 3.63) is 17.0 Å². The number of carbonyl (C=O) groups excluding carboxylic acids is 2. The summed E-state index contributed by atoms with van der Waals surface area (Å²) < 4.78 is 50.7. The molecular weight excluding hydrogens is 404 g/mol. The average molecular weight is 425 g/mol. The van der Waals surface area contributed by atoms with Crippen molar-refractivity contribution in [1.82, 2.24) is 4.90 Å². The molecule has 2 N–H and O–H groups in total. The van der Waals surface area contributed by atoms with Crippen molar-refractivity contribution in [3.8, 4) is 0 Å². The maximum absolute atomic E-state index is 12.5. The van der Waals surface area contributed by atoms with Gasteiger partial charge in [0.1, 0.15) is 4.21 Å². The summed E-state index contributed by atoms with van der Waals surface area (Å²) in [6, 6.07) is 0.648.